The molecule has 1 unspecified atom stereocenters. The molecule has 0 spiro atoms. The lowest BCUT2D eigenvalue weighted by atomic mass is 9.90. The molecule has 2 aromatic carbocycles. The Morgan fingerprint density at radius 2 is 1.69 bits per heavy atom. The Kier molecular flexibility index (Phi) is 7.76. The minimum Gasteiger partial charge on any atom is -0.383 e. The molecular weight excluding hydrogens is 444 g/mol. The summed E-state index contributed by atoms with van der Waals surface area (Å²) in [5, 5.41) is 12.4. The van der Waals surface area contributed by atoms with Gasteiger partial charge in [-0.15, -0.1) is 0 Å². The maximum atomic E-state index is 13.0. The number of hydrogen-bond acceptors (Lipinski definition) is 6. The molecule has 0 aliphatic rings. The Morgan fingerprint density at radius 1 is 1.11 bits per heavy atom. The third-order valence-corrected chi connectivity index (χ3v) is 6.05. The zero-order chi connectivity index (χ0) is 25.6. The summed E-state index contributed by atoms with van der Waals surface area (Å²) in [6.07, 6.45) is 0. The van der Waals surface area contributed by atoms with Gasteiger partial charge in [0.25, 0.3) is 5.56 Å². The van der Waals surface area contributed by atoms with Gasteiger partial charge in [0, 0.05) is 6.54 Å². The van der Waals surface area contributed by atoms with Crippen molar-refractivity contribution in [1.29, 1.82) is 5.26 Å². The number of carbonyl (C=O) groups is 1. The minimum atomic E-state index is -1.08. The summed E-state index contributed by atoms with van der Waals surface area (Å²) in [4.78, 5) is 42.5. The molecule has 1 heterocycles. The summed E-state index contributed by atoms with van der Waals surface area (Å²) in [5.74, 6) is -0.628. The molecule has 9 heteroatoms. The van der Waals surface area contributed by atoms with Crippen LogP contribution in [0.25, 0.3) is 0 Å². The fourth-order valence-corrected chi connectivity index (χ4v) is 3.63. The van der Waals surface area contributed by atoms with E-state index in [0.29, 0.717) is 0 Å². The van der Waals surface area contributed by atoms with Crippen LogP contribution in [0.5, 0.6) is 0 Å². The predicted octanol–water partition coefficient (Wildman–Crippen LogP) is 2.23. The van der Waals surface area contributed by atoms with Gasteiger partial charge in [0.15, 0.2) is 0 Å². The molecular formula is C26H30N6O3. The second-order valence-corrected chi connectivity index (χ2v) is 8.92. The second-order valence-electron chi connectivity index (χ2n) is 8.92. The molecule has 1 aromatic heterocycles. The van der Waals surface area contributed by atoms with Gasteiger partial charge in [0.1, 0.15) is 17.0 Å². The number of aromatic nitrogens is 2. The van der Waals surface area contributed by atoms with Crippen LogP contribution in [0.2, 0.25) is 0 Å². The lowest BCUT2D eigenvalue weighted by molar-refractivity contribution is -0.121. The summed E-state index contributed by atoms with van der Waals surface area (Å²) in [6.45, 7) is 5.44. The SMILES string of the molecule is CC(C)C(C)(C#N)NC(=O)CN(Cc1ccccc1)c1c(N)n(Cc2ccccc2)c(=O)[nH]c1=O. The Hall–Kier alpha value is -4.32. The highest BCUT2D eigenvalue weighted by molar-refractivity contribution is 5.83. The molecule has 0 aliphatic carbocycles. The number of nitriles is 1. The Balaban J connectivity index is 2.03. The first-order valence-electron chi connectivity index (χ1n) is 11.3. The highest BCUT2D eigenvalue weighted by Gasteiger charge is 2.31. The molecule has 3 rings (SSSR count). The molecule has 1 amide bonds. The number of aromatic amines is 1. The van der Waals surface area contributed by atoms with Crippen LogP contribution in [-0.4, -0.2) is 27.5 Å². The van der Waals surface area contributed by atoms with E-state index in [2.05, 4.69) is 16.4 Å². The Morgan fingerprint density at radius 3 is 2.23 bits per heavy atom. The zero-order valence-corrected chi connectivity index (χ0v) is 20.1. The number of rotatable bonds is 9. The van der Waals surface area contributed by atoms with E-state index >= 15 is 0 Å². The summed E-state index contributed by atoms with van der Waals surface area (Å²) < 4.78 is 1.27. The number of benzene rings is 2. The smallest absolute Gasteiger partial charge is 0.330 e. The minimum absolute atomic E-state index is 0.0164. The van der Waals surface area contributed by atoms with Crippen molar-refractivity contribution in [3.05, 3.63) is 92.6 Å². The number of H-pyrrole nitrogens is 1. The molecule has 1 atom stereocenters. The first-order valence-corrected chi connectivity index (χ1v) is 11.3. The van der Waals surface area contributed by atoms with Gasteiger partial charge in [-0.25, -0.2) is 4.79 Å². The van der Waals surface area contributed by atoms with Crippen molar-refractivity contribution in [3.8, 4) is 6.07 Å². The molecule has 0 aliphatic heterocycles. The van der Waals surface area contributed by atoms with E-state index in [9.17, 15) is 19.6 Å². The Labute approximate surface area is 203 Å². The third-order valence-electron chi connectivity index (χ3n) is 6.05. The zero-order valence-electron chi connectivity index (χ0n) is 20.1. The molecule has 0 saturated carbocycles. The first kappa shape index (κ1) is 25.3. The van der Waals surface area contributed by atoms with Crippen LogP contribution in [0.3, 0.4) is 0 Å². The number of nitrogens with two attached hydrogens (primary N) is 1. The molecule has 0 radical (unpaired) electrons. The van der Waals surface area contributed by atoms with E-state index in [1.165, 1.54) is 9.47 Å². The van der Waals surface area contributed by atoms with E-state index in [-0.39, 0.29) is 37.1 Å². The van der Waals surface area contributed by atoms with Crippen LogP contribution in [0, 0.1) is 17.2 Å². The highest BCUT2D eigenvalue weighted by Crippen LogP contribution is 2.21. The second kappa shape index (κ2) is 10.7. The number of anilines is 2. The van der Waals surface area contributed by atoms with Crippen LogP contribution < -0.4 is 27.2 Å². The van der Waals surface area contributed by atoms with E-state index in [0.717, 1.165) is 11.1 Å². The quantitative estimate of drug-likeness (QED) is 0.435. The normalized spacial score (nSPS) is 12.5. The number of amides is 1. The molecule has 0 bridgehead atoms. The van der Waals surface area contributed by atoms with Gasteiger partial charge in [-0.3, -0.25) is 19.1 Å². The van der Waals surface area contributed by atoms with Gasteiger partial charge >= 0.3 is 5.69 Å². The van der Waals surface area contributed by atoms with Gasteiger partial charge in [0.05, 0.1) is 19.2 Å². The standard InChI is InChI=1S/C26H30N6O3/c1-18(2)26(3,17-27)30-21(33)16-31(14-19-10-6-4-7-11-19)22-23(28)32(25(35)29-24(22)34)15-20-12-8-5-9-13-20/h4-13,18H,14-16,28H2,1-3H3,(H,30,33)(H,29,34,35). The Bertz CT molecular complexity index is 1330. The monoisotopic (exact) mass is 474 g/mol. The maximum Gasteiger partial charge on any atom is 0.330 e. The fraction of sp³-hybridized carbons (Fsp3) is 0.308. The van der Waals surface area contributed by atoms with Crippen LogP contribution in [-0.2, 0) is 17.9 Å². The predicted molar refractivity (Wildman–Crippen MR) is 136 cm³/mol. The molecule has 182 valence electrons. The first-order chi connectivity index (χ1) is 16.6. The van der Waals surface area contributed by atoms with Crippen LogP contribution in [0.1, 0.15) is 31.9 Å². The average Bonchev–Trinajstić information content (AvgIpc) is 2.82. The largest absolute Gasteiger partial charge is 0.383 e. The summed E-state index contributed by atoms with van der Waals surface area (Å²) >= 11 is 0. The van der Waals surface area contributed by atoms with Gasteiger partial charge in [-0.2, -0.15) is 5.26 Å². The average molecular weight is 475 g/mol. The summed E-state index contributed by atoms with van der Waals surface area (Å²) in [7, 11) is 0. The van der Waals surface area contributed by atoms with Crippen molar-refractivity contribution in [1.82, 2.24) is 14.9 Å². The van der Waals surface area contributed by atoms with Crippen molar-refractivity contribution in [2.45, 2.75) is 39.4 Å². The summed E-state index contributed by atoms with van der Waals surface area (Å²) in [5.41, 5.74) is 5.66. The van der Waals surface area contributed by atoms with E-state index in [1.54, 1.807) is 6.92 Å². The van der Waals surface area contributed by atoms with Crippen molar-refractivity contribution in [2.24, 2.45) is 5.92 Å². The van der Waals surface area contributed by atoms with Crippen molar-refractivity contribution in [2.75, 3.05) is 17.2 Å². The number of hydrogen-bond donors (Lipinski definition) is 3. The molecule has 4 N–H and O–H groups in total. The molecule has 35 heavy (non-hydrogen) atoms. The van der Waals surface area contributed by atoms with E-state index in [4.69, 9.17) is 5.73 Å². The molecule has 9 nitrogen and oxygen atoms in total. The van der Waals surface area contributed by atoms with Crippen molar-refractivity contribution >= 4 is 17.4 Å². The fourth-order valence-electron chi connectivity index (χ4n) is 3.63. The van der Waals surface area contributed by atoms with Crippen molar-refractivity contribution in [3.63, 3.8) is 0 Å². The van der Waals surface area contributed by atoms with Crippen molar-refractivity contribution < 1.29 is 4.79 Å². The molecule has 3 aromatic rings. The lowest BCUT2D eigenvalue weighted by Gasteiger charge is -2.30. The highest BCUT2D eigenvalue weighted by atomic mass is 16.2. The summed E-state index contributed by atoms with van der Waals surface area (Å²) in [6, 6.07) is 20.7. The van der Waals surface area contributed by atoms with Crippen LogP contribution in [0.15, 0.2) is 70.3 Å². The van der Waals surface area contributed by atoms with E-state index in [1.807, 2.05) is 74.5 Å². The molecule has 0 saturated heterocycles. The van der Waals surface area contributed by atoms with Crippen LogP contribution in [0.4, 0.5) is 11.5 Å². The number of nitrogens with zero attached hydrogens (tertiary/aromatic N) is 3. The van der Waals surface area contributed by atoms with Gasteiger partial charge < -0.3 is 16.0 Å². The third kappa shape index (κ3) is 5.98. The number of nitrogens with one attached hydrogen (secondary N) is 2. The van der Waals surface area contributed by atoms with Gasteiger partial charge in [-0.1, -0.05) is 74.5 Å². The van der Waals surface area contributed by atoms with E-state index < -0.39 is 22.7 Å². The van der Waals surface area contributed by atoms with Gasteiger partial charge in [0.2, 0.25) is 5.91 Å². The topological polar surface area (TPSA) is 137 Å². The van der Waals surface area contributed by atoms with Crippen LogP contribution >= 0.6 is 0 Å². The molecule has 0 fully saturated rings. The lowest BCUT2D eigenvalue weighted by Crippen LogP contribution is -2.52. The maximum absolute atomic E-state index is 13.0. The van der Waals surface area contributed by atoms with Gasteiger partial charge in [-0.05, 0) is 24.0 Å². The number of carbonyl (C=O) groups excluding carboxylic acids is 1. The number of nitrogen functional groups attached to an aromatic ring is 1.